The summed E-state index contributed by atoms with van der Waals surface area (Å²) in [5, 5.41) is 6.45. The zero-order valence-corrected chi connectivity index (χ0v) is 10.6. The van der Waals surface area contributed by atoms with E-state index < -0.39 is 10.0 Å². The van der Waals surface area contributed by atoms with Crippen LogP contribution in [-0.2, 0) is 10.0 Å². The highest BCUT2D eigenvalue weighted by Gasteiger charge is 2.22. The summed E-state index contributed by atoms with van der Waals surface area (Å²) in [6.07, 6.45) is 1.30. The molecule has 0 bridgehead atoms. The Morgan fingerprint density at radius 3 is 2.50 bits per heavy atom. The number of hydrogen-bond acceptors (Lipinski definition) is 4. The zero-order chi connectivity index (χ0) is 13.3. The average molecular weight is 268 g/mol. The second-order valence-electron chi connectivity index (χ2n) is 3.81. The van der Waals surface area contributed by atoms with E-state index in [1.807, 2.05) is 0 Å². The van der Waals surface area contributed by atoms with Crippen LogP contribution in [0.15, 0.2) is 28.0 Å². The first-order valence-electron chi connectivity index (χ1n) is 5.13. The molecule has 2 rings (SSSR count). The van der Waals surface area contributed by atoms with Crippen LogP contribution < -0.4 is 10.3 Å². The van der Waals surface area contributed by atoms with E-state index in [-0.39, 0.29) is 16.1 Å². The number of aromatic nitrogens is 3. The quantitative estimate of drug-likeness (QED) is 0.754. The van der Waals surface area contributed by atoms with Crippen molar-refractivity contribution in [2.24, 2.45) is 0 Å². The Kier molecular flexibility index (Phi) is 2.95. The Bertz CT molecular complexity index is 690. The van der Waals surface area contributed by atoms with Crippen LogP contribution >= 0.6 is 0 Å². The van der Waals surface area contributed by atoms with Gasteiger partial charge in [-0.3, -0.25) is 14.6 Å². The first-order valence-corrected chi connectivity index (χ1v) is 6.61. The molecule has 8 heteroatoms. The molecule has 0 fully saturated rings. The van der Waals surface area contributed by atoms with E-state index >= 15 is 0 Å². The van der Waals surface area contributed by atoms with Gasteiger partial charge in [0.05, 0.1) is 17.1 Å². The second-order valence-corrected chi connectivity index (χ2v) is 5.43. The number of aromatic amines is 2. The van der Waals surface area contributed by atoms with Crippen LogP contribution in [0, 0.1) is 13.8 Å². The van der Waals surface area contributed by atoms with Crippen LogP contribution in [0.2, 0.25) is 0 Å². The van der Waals surface area contributed by atoms with Gasteiger partial charge in [-0.2, -0.15) is 5.10 Å². The van der Waals surface area contributed by atoms with E-state index in [0.29, 0.717) is 11.4 Å². The minimum atomic E-state index is -3.71. The second kappa shape index (κ2) is 4.30. The Morgan fingerprint density at radius 2 is 2.00 bits per heavy atom. The van der Waals surface area contributed by atoms with Crippen molar-refractivity contribution in [2.45, 2.75) is 18.7 Å². The predicted molar refractivity (Wildman–Crippen MR) is 65.9 cm³/mol. The largest absolute Gasteiger partial charge is 0.327 e. The van der Waals surface area contributed by atoms with E-state index in [1.54, 1.807) is 13.8 Å². The van der Waals surface area contributed by atoms with Crippen LogP contribution in [0.1, 0.15) is 11.4 Å². The van der Waals surface area contributed by atoms with E-state index in [0.717, 1.165) is 0 Å². The summed E-state index contributed by atoms with van der Waals surface area (Å²) in [7, 11) is -3.71. The molecule has 0 aliphatic rings. The van der Waals surface area contributed by atoms with E-state index in [2.05, 4.69) is 19.9 Å². The van der Waals surface area contributed by atoms with Crippen molar-refractivity contribution in [3.05, 3.63) is 40.1 Å². The molecule has 0 saturated heterocycles. The van der Waals surface area contributed by atoms with Gasteiger partial charge in [-0.1, -0.05) is 0 Å². The van der Waals surface area contributed by atoms with Gasteiger partial charge in [0.15, 0.2) is 0 Å². The Hall–Kier alpha value is -2.09. The van der Waals surface area contributed by atoms with Gasteiger partial charge in [0.1, 0.15) is 4.90 Å². The van der Waals surface area contributed by atoms with Gasteiger partial charge in [-0.25, -0.2) is 8.42 Å². The van der Waals surface area contributed by atoms with Gasteiger partial charge >= 0.3 is 0 Å². The smallest absolute Gasteiger partial charge is 0.265 e. The third-order valence-corrected chi connectivity index (χ3v) is 4.01. The molecule has 2 aromatic heterocycles. The number of anilines is 1. The summed E-state index contributed by atoms with van der Waals surface area (Å²) in [4.78, 5) is 13.4. The summed E-state index contributed by atoms with van der Waals surface area (Å²) in [6, 6.07) is 2.63. The molecule has 18 heavy (non-hydrogen) atoms. The molecule has 96 valence electrons. The van der Waals surface area contributed by atoms with Crippen molar-refractivity contribution >= 4 is 15.7 Å². The van der Waals surface area contributed by atoms with Crippen molar-refractivity contribution in [1.82, 2.24) is 15.2 Å². The number of nitrogens with zero attached hydrogens (tertiary/aromatic N) is 1. The maximum atomic E-state index is 12.1. The monoisotopic (exact) mass is 268 g/mol. The van der Waals surface area contributed by atoms with Gasteiger partial charge in [0.25, 0.3) is 10.0 Å². The average Bonchev–Trinajstić information content (AvgIpc) is 2.62. The minimum Gasteiger partial charge on any atom is -0.327 e. The van der Waals surface area contributed by atoms with Crippen molar-refractivity contribution in [2.75, 3.05) is 4.72 Å². The number of nitrogens with one attached hydrogen (secondary N) is 3. The van der Waals surface area contributed by atoms with Gasteiger partial charge in [-0.15, -0.1) is 0 Å². The summed E-state index contributed by atoms with van der Waals surface area (Å²) in [5.74, 6) is 0. The van der Waals surface area contributed by atoms with Crippen molar-refractivity contribution in [1.29, 1.82) is 0 Å². The fraction of sp³-hybridized carbons (Fsp3) is 0.200. The molecule has 3 N–H and O–H groups in total. The third kappa shape index (κ3) is 2.28. The van der Waals surface area contributed by atoms with Crippen molar-refractivity contribution in [3.8, 4) is 0 Å². The molecule has 0 spiro atoms. The number of aryl methyl sites for hydroxylation is 2. The van der Waals surface area contributed by atoms with E-state index in [1.165, 1.54) is 18.3 Å². The molecule has 0 atom stereocenters. The first-order chi connectivity index (χ1) is 8.40. The number of sulfonamides is 1. The molecule has 2 heterocycles. The first kappa shape index (κ1) is 12.4. The van der Waals surface area contributed by atoms with Gasteiger partial charge in [0.2, 0.25) is 5.56 Å². The topological polar surface area (TPSA) is 108 Å². The summed E-state index contributed by atoms with van der Waals surface area (Å²) < 4.78 is 26.6. The summed E-state index contributed by atoms with van der Waals surface area (Å²) in [6.45, 7) is 3.23. The molecule has 2 aromatic rings. The van der Waals surface area contributed by atoms with Gasteiger partial charge < -0.3 is 4.98 Å². The predicted octanol–water partition coefficient (Wildman–Crippen LogP) is 0.516. The van der Waals surface area contributed by atoms with Crippen LogP contribution in [0.3, 0.4) is 0 Å². The number of rotatable bonds is 3. The molecule has 0 aliphatic carbocycles. The highest BCUT2D eigenvalue weighted by atomic mass is 32.2. The Labute approximate surface area is 103 Å². The standard InChI is InChI=1S/C10H12N4O3S/c1-6-10(7(2)13-12-6)18(16,17)14-8-3-4-9(15)11-5-8/h3-5,14H,1-2H3,(H,11,15)(H,12,13). The van der Waals surface area contributed by atoms with Gasteiger partial charge in [0, 0.05) is 12.3 Å². The number of hydrogen-bond donors (Lipinski definition) is 3. The van der Waals surface area contributed by atoms with Crippen LogP contribution in [0.4, 0.5) is 5.69 Å². The fourth-order valence-electron chi connectivity index (χ4n) is 1.62. The number of H-pyrrole nitrogens is 2. The van der Waals surface area contributed by atoms with Crippen LogP contribution in [-0.4, -0.2) is 23.6 Å². The lowest BCUT2D eigenvalue weighted by Gasteiger charge is -2.07. The van der Waals surface area contributed by atoms with Crippen LogP contribution in [0.5, 0.6) is 0 Å². The normalized spacial score (nSPS) is 11.4. The lowest BCUT2D eigenvalue weighted by Crippen LogP contribution is -2.15. The fourth-order valence-corrected chi connectivity index (χ4v) is 3.04. The molecule has 0 aliphatic heterocycles. The molecular weight excluding hydrogens is 256 g/mol. The molecule has 0 aromatic carbocycles. The maximum Gasteiger partial charge on any atom is 0.265 e. The highest BCUT2D eigenvalue weighted by Crippen LogP contribution is 2.19. The van der Waals surface area contributed by atoms with E-state index in [4.69, 9.17) is 0 Å². The highest BCUT2D eigenvalue weighted by molar-refractivity contribution is 7.92. The Balaban J connectivity index is 2.39. The Morgan fingerprint density at radius 1 is 1.28 bits per heavy atom. The SMILES string of the molecule is Cc1n[nH]c(C)c1S(=O)(=O)Nc1ccc(=O)[nH]c1. The van der Waals surface area contributed by atoms with E-state index in [9.17, 15) is 13.2 Å². The zero-order valence-electron chi connectivity index (χ0n) is 9.81. The number of pyridine rings is 1. The molecule has 0 radical (unpaired) electrons. The molecule has 0 unspecified atom stereocenters. The maximum absolute atomic E-state index is 12.1. The summed E-state index contributed by atoms with van der Waals surface area (Å²) >= 11 is 0. The minimum absolute atomic E-state index is 0.119. The third-order valence-electron chi connectivity index (χ3n) is 2.37. The van der Waals surface area contributed by atoms with Gasteiger partial charge in [-0.05, 0) is 19.9 Å². The molecular formula is C10H12N4O3S. The lowest BCUT2D eigenvalue weighted by atomic mass is 10.4. The van der Waals surface area contributed by atoms with Crippen molar-refractivity contribution < 1.29 is 8.42 Å². The molecule has 0 saturated carbocycles. The molecule has 7 nitrogen and oxygen atoms in total. The molecule has 0 amide bonds. The lowest BCUT2D eigenvalue weighted by molar-refractivity contribution is 0.600. The summed E-state index contributed by atoms with van der Waals surface area (Å²) in [5.41, 5.74) is 0.845. The van der Waals surface area contributed by atoms with Crippen molar-refractivity contribution in [3.63, 3.8) is 0 Å². The van der Waals surface area contributed by atoms with Crippen LogP contribution in [0.25, 0.3) is 0 Å².